The van der Waals surface area contributed by atoms with Gasteiger partial charge in [0.25, 0.3) is 5.91 Å². The summed E-state index contributed by atoms with van der Waals surface area (Å²) in [5, 5.41) is 25.0. The average Bonchev–Trinajstić information content (AvgIpc) is 3.18. The zero-order valence-electron chi connectivity index (χ0n) is 15.9. The zero-order valence-corrected chi connectivity index (χ0v) is 17.5. The maximum Gasteiger partial charge on any atom is 0.352 e. The number of oxime groups is 1. The number of thioether (sulfide) groups is 1. The fourth-order valence-electron chi connectivity index (χ4n) is 2.94. The maximum absolute atomic E-state index is 13.0. The fraction of sp³-hybridized carbons (Fsp3) is 0.250. The molecule has 0 radical (unpaired) electrons. The van der Waals surface area contributed by atoms with E-state index in [0.717, 1.165) is 28.0 Å². The number of anilines is 1. The van der Waals surface area contributed by atoms with Crippen molar-refractivity contribution in [3.05, 3.63) is 39.9 Å². The van der Waals surface area contributed by atoms with E-state index in [9.17, 15) is 29.2 Å². The molecule has 1 saturated heterocycles. The van der Waals surface area contributed by atoms with E-state index in [2.05, 4.69) is 26.8 Å². The van der Waals surface area contributed by atoms with Crippen LogP contribution in [0.3, 0.4) is 0 Å². The van der Waals surface area contributed by atoms with Gasteiger partial charge in [-0.2, -0.15) is 5.01 Å². The molecule has 2 amide bonds. The summed E-state index contributed by atoms with van der Waals surface area (Å²) in [6.45, 7) is 2.64. The summed E-state index contributed by atoms with van der Waals surface area (Å²) in [4.78, 5) is 69.0. The van der Waals surface area contributed by atoms with Gasteiger partial charge in [0.1, 0.15) is 16.8 Å². The van der Waals surface area contributed by atoms with Crippen molar-refractivity contribution in [1.82, 2.24) is 14.9 Å². The highest BCUT2D eigenvalue weighted by molar-refractivity contribution is 8.00. The van der Waals surface area contributed by atoms with E-state index in [1.807, 2.05) is 0 Å². The van der Waals surface area contributed by atoms with Crippen LogP contribution in [0.25, 0.3) is 0 Å². The Morgan fingerprint density at radius 1 is 1.44 bits per heavy atom. The second kappa shape index (κ2) is 9.15. The molecule has 2 atom stereocenters. The summed E-state index contributed by atoms with van der Waals surface area (Å²) in [6, 6.07) is -1.42. The van der Waals surface area contributed by atoms with Gasteiger partial charge >= 0.3 is 17.8 Å². The van der Waals surface area contributed by atoms with Crippen LogP contribution in [-0.2, 0) is 24.0 Å². The first-order valence-corrected chi connectivity index (χ1v) is 10.5. The molecule has 16 heteroatoms. The number of aromatic nitrogens is 1. The van der Waals surface area contributed by atoms with Crippen molar-refractivity contribution >= 4 is 57.7 Å². The second-order valence-electron chi connectivity index (χ2n) is 6.15. The minimum atomic E-state index is -1.42. The summed E-state index contributed by atoms with van der Waals surface area (Å²) in [7, 11) is 0. The Balaban J connectivity index is 1.92. The number of thiazole rings is 1. The lowest BCUT2D eigenvalue weighted by molar-refractivity contribution is -0.158. The van der Waals surface area contributed by atoms with Gasteiger partial charge in [0, 0.05) is 11.1 Å². The monoisotopic (exact) mass is 482 g/mol. The van der Waals surface area contributed by atoms with Gasteiger partial charge in [0.15, 0.2) is 16.9 Å². The Bertz CT molecular complexity index is 1080. The largest absolute Gasteiger partial charge is 0.479 e. The molecule has 0 bridgehead atoms. The third kappa shape index (κ3) is 4.04. The van der Waals surface area contributed by atoms with Gasteiger partial charge in [-0.1, -0.05) is 17.8 Å². The van der Waals surface area contributed by atoms with Crippen LogP contribution < -0.4 is 5.73 Å². The first-order chi connectivity index (χ1) is 15.2. The highest BCUT2D eigenvalue weighted by Crippen LogP contribution is 2.42. The van der Waals surface area contributed by atoms with Gasteiger partial charge in [-0.25, -0.2) is 14.6 Å². The van der Waals surface area contributed by atoms with E-state index < -0.39 is 47.5 Å². The van der Waals surface area contributed by atoms with Crippen LogP contribution >= 0.6 is 23.1 Å². The molecule has 2 aliphatic rings. The Kier molecular flexibility index (Phi) is 6.54. The van der Waals surface area contributed by atoms with Gasteiger partial charge in [-0.3, -0.25) is 14.5 Å². The zero-order chi connectivity index (χ0) is 23.6. The van der Waals surface area contributed by atoms with Crippen LogP contribution in [0, 0.1) is 4.91 Å². The number of nitrogens with zero attached hydrogens (tertiary/aromatic N) is 5. The number of fused-ring (bicyclic) bond motifs is 1. The molecule has 0 aliphatic carbocycles. The van der Waals surface area contributed by atoms with E-state index in [1.165, 1.54) is 11.5 Å². The van der Waals surface area contributed by atoms with Crippen LogP contribution in [0.2, 0.25) is 0 Å². The normalized spacial score (nSPS) is 20.2. The number of β-lactam (4-membered cyclic amide) rings is 1. The van der Waals surface area contributed by atoms with E-state index in [-0.39, 0.29) is 22.3 Å². The number of carbonyl (C=O) groups excluding carboxylic acids is 2. The Labute approximate surface area is 186 Å². The topological polar surface area (TPSA) is 205 Å². The number of rotatable bonds is 9. The molecule has 3 rings (SSSR count). The van der Waals surface area contributed by atoms with E-state index >= 15 is 0 Å². The molecule has 14 nitrogen and oxygen atoms in total. The number of allylic oxidation sites excluding steroid dienone is 1. The van der Waals surface area contributed by atoms with Crippen molar-refractivity contribution in [3.8, 4) is 0 Å². The van der Waals surface area contributed by atoms with Crippen LogP contribution in [0.5, 0.6) is 0 Å². The summed E-state index contributed by atoms with van der Waals surface area (Å²) in [6.07, 6.45) is 1.31. The van der Waals surface area contributed by atoms with Crippen LogP contribution in [0.15, 0.2) is 39.7 Å². The standard InChI is InChI=1S/C16H14N6O8S2/c1-2-6-4-31-14-11(13(26)21(14)10(6)15(27)28)22(20-29)12(25)9(19-30-3-8(23)24)7-5-32-16(17)18-7/h2,5,11,14H,1,3-4H2,(H2,17,18)(H,23,24)(H,27,28)/b19-9-/t11-,14-/m1/s1. The molecule has 32 heavy (non-hydrogen) atoms. The average molecular weight is 482 g/mol. The van der Waals surface area contributed by atoms with Crippen molar-refractivity contribution in [2.75, 3.05) is 18.1 Å². The molecule has 4 N–H and O–H groups in total. The van der Waals surface area contributed by atoms with Crippen molar-refractivity contribution in [1.29, 1.82) is 0 Å². The van der Waals surface area contributed by atoms with Gasteiger partial charge in [0.2, 0.25) is 6.61 Å². The number of aliphatic carboxylic acids is 2. The number of hydrogen-bond donors (Lipinski definition) is 3. The highest BCUT2D eigenvalue weighted by atomic mass is 32.2. The Morgan fingerprint density at radius 3 is 2.69 bits per heavy atom. The number of hydrogen-bond acceptors (Lipinski definition) is 12. The van der Waals surface area contributed by atoms with E-state index in [1.54, 1.807) is 0 Å². The number of nitrogen functional groups attached to an aromatic ring is 1. The molecule has 0 saturated carbocycles. The van der Waals surface area contributed by atoms with Crippen LogP contribution in [0.4, 0.5) is 5.13 Å². The van der Waals surface area contributed by atoms with Crippen molar-refractivity contribution in [2.24, 2.45) is 10.4 Å². The van der Waals surface area contributed by atoms with E-state index in [0.29, 0.717) is 10.6 Å². The van der Waals surface area contributed by atoms with Gasteiger partial charge in [-0.05, 0) is 5.57 Å². The third-order valence-electron chi connectivity index (χ3n) is 4.29. The van der Waals surface area contributed by atoms with Crippen LogP contribution in [0.1, 0.15) is 5.69 Å². The molecular formula is C16H14N6O8S2. The van der Waals surface area contributed by atoms with Gasteiger partial charge in [-0.15, -0.1) is 28.0 Å². The van der Waals surface area contributed by atoms with Crippen molar-refractivity contribution in [3.63, 3.8) is 0 Å². The van der Waals surface area contributed by atoms with Crippen LogP contribution in [-0.4, -0.2) is 78.3 Å². The summed E-state index contributed by atoms with van der Waals surface area (Å²) >= 11 is 2.05. The smallest absolute Gasteiger partial charge is 0.352 e. The molecule has 1 fully saturated rings. The predicted molar refractivity (Wildman–Crippen MR) is 111 cm³/mol. The molecule has 3 heterocycles. The predicted octanol–water partition coefficient (Wildman–Crippen LogP) is -0.151. The minimum absolute atomic E-state index is 0.0475. The molecule has 1 aromatic heterocycles. The summed E-state index contributed by atoms with van der Waals surface area (Å²) in [5.74, 6) is -4.63. The molecule has 168 valence electrons. The number of nitroso groups, excluding NO2 is 1. The lowest BCUT2D eigenvalue weighted by atomic mass is 10.0. The van der Waals surface area contributed by atoms with Crippen molar-refractivity contribution < 1.29 is 34.2 Å². The summed E-state index contributed by atoms with van der Waals surface area (Å²) < 4.78 is 0. The molecule has 2 aliphatic heterocycles. The molecule has 0 aromatic carbocycles. The number of carboxylic acid groups (broad SMARTS) is 2. The fourth-order valence-corrected chi connectivity index (χ4v) is 4.86. The van der Waals surface area contributed by atoms with Gasteiger partial charge in [0.05, 0.1) is 5.29 Å². The molecule has 0 unspecified atom stereocenters. The first kappa shape index (κ1) is 22.9. The number of amides is 2. The number of carbonyl (C=O) groups is 4. The Hall–Kier alpha value is -3.79. The Morgan fingerprint density at radius 2 is 2.16 bits per heavy atom. The number of nitrogens with two attached hydrogens (primary N) is 1. The molecule has 0 spiro atoms. The first-order valence-electron chi connectivity index (χ1n) is 8.54. The van der Waals surface area contributed by atoms with Crippen molar-refractivity contribution in [2.45, 2.75) is 11.4 Å². The van der Waals surface area contributed by atoms with E-state index in [4.69, 9.17) is 10.8 Å². The van der Waals surface area contributed by atoms with Gasteiger partial charge < -0.3 is 20.8 Å². The molecular weight excluding hydrogens is 468 g/mol. The lowest BCUT2D eigenvalue weighted by Gasteiger charge is -2.50. The SMILES string of the molecule is C=CC1=C(C(=O)O)N2C(=O)[C@@H](N(N=O)C(=O)/C(=N\OCC(=O)O)c3csc(N)n3)[C@H]2SC1. The third-order valence-corrected chi connectivity index (χ3v) is 6.25. The summed E-state index contributed by atoms with van der Waals surface area (Å²) in [5.41, 5.74) is 4.83. The maximum atomic E-state index is 13.0. The number of carboxylic acids is 2. The molecule has 1 aromatic rings. The minimum Gasteiger partial charge on any atom is -0.479 e. The second-order valence-corrected chi connectivity index (χ2v) is 8.14. The quantitative estimate of drug-likeness (QED) is 0.182. The lowest BCUT2D eigenvalue weighted by Crippen LogP contribution is -2.70. The highest BCUT2D eigenvalue weighted by Gasteiger charge is 2.58.